The number of hydrogen-bond donors (Lipinski definition) is 2. The number of aliphatic hydroxyl groups is 1. The molecule has 2 N–H and O–H groups in total. The molecule has 19 heavy (non-hydrogen) atoms. The quantitative estimate of drug-likeness (QED) is 0.777. The lowest BCUT2D eigenvalue weighted by Gasteiger charge is -2.34. The molecule has 0 unspecified atom stereocenters. The average Bonchev–Trinajstić information content (AvgIpc) is 2.36. The molecule has 1 aliphatic rings. The molecule has 1 aromatic heterocycles. The van der Waals surface area contributed by atoms with Crippen molar-refractivity contribution in [3.05, 3.63) is 0 Å². The summed E-state index contributed by atoms with van der Waals surface area (Å²) in [5.41, 5.74) is 0. The second kappa shape index (κ2) is 6.01. The van der Waals surface area contributed by atoms with E-state index >= 15 is 0 Å². The first kappa shape index (κ1) is 13.8. The highest BCUT2D eigenvalue weighted by Gasteiger charge is 2.28. The van der Waals surface area contributed by atoms with E-state index in [2.05, 4.69) is 20.3 Å². The first-order valence-electron chi connectivity index (χ1n) is 6.55. The summed E-state index contributed by atoms with van der Waals surface area (Å²) >= 11 is 0. The largest absolute Gasteiger partial charge is 0.467 e. The van der Waals surface area contributed by atoms with Crippen molar-refractivity contribution >= 4 is 11.9 Å². The smallest absolute Gasteiger partial charge is 0.322 e. The summed E-state index contributed by atoms with van der Waals surface area (Å²) in [5.74, 6) is 1.61. The number of hydrogen-bond acceptors (Lipinski definition) is 7. The van der Waals surface area contributed by atoms with Crippen molar-refractivity contribution in [2.45, 2.75) is 25.9 Å². The van der Waals surface area contributed by atoms with Crippen molar-refractivity contribution in [3.63, 3.8) is 0 Å². The number of anilines is 2. The lowest BCUT2D eigenvalue weighted by Crippen LogP contribution is -2.37. The Balaban J connectivity index is 2.06. The molecule has 0 bridgehead atoms. The first-order valence-corrected chi connectivity index (χ1v) is 6.55. The van der Waals surface area contributed by atoms with Gasteiger partial charge in [0.1, 0.15) is 0 Å². The second-order valence-corrected chi connectivity index (χ2v) is 4.85. The molecule has 7 heteroatoms. The number of methoxy groups -OCH3 is 1. The molecular weight excluding hydrogens is 246 g/mol. The Bertz CT molecular complexity index is 423. The molecule has 0 atom stereocenters. The van der Waals surface area contributed by atoms with Crippen LogP contribution in [0.3, 0.4) is 0 Å². The molecule has 1 aliphatic carbocycles. The van der Waals surface area contributed by atoms with E-state index < -0.39 is 0 Å². The number of aromatic nitrogens is 3. The maximum absolute atomic E-state index is 9.31. The molecule has 0 saturated heterocycles. The maximum atomic E-state index is 9.31. The molecule has 0 aromatic carbocycles. The molecule has 7 nitrogen and oxygen atoms in total. The molecule has 0 spiro atoms. The third kappa shape index (κ3) is 3.44. The van der Waals surface area contributed by atoms with Gasteiger partial charge in [0.2, 0.25) is 11.9 Å². The number of nitrogens with zero attached hydrogens (tertiary/aromatic N) is 4. The highest BCUT2D eigenvalue weighted by molar-refractivity contribution is 5.37. The monoisotopic (exact) mass is 267 g/mol. The zero-order valence-electron chi connectivity index (χ0n) is 11.6. The number of rotatable bonds is 6. The van der Waals surface area contributed by atoms with Crippen LogP contribution in [0.4, 0.5) is 11.9 Å². The van der Waals surface area contributed by atoms with Crippen LogP contribution in [0.1, 0.15) is 19.8 Å². The van der Waals surface area contributed by atoms with E-state index in [0.717, 1.165) is 25.9 Å². The van der Waals surface area contributed by atoms with Crippen molar-refractivity contribution in [1.82, 2.24) is 15.0 Å². The summed E-state index contributed by atoms with van der Waals surface area (Å²) in [4.78, 5) is 14.7. The van der Waals surface area contributed by atoms with Crippen molar-refractivity contribution in [3.8, 4) is 6.01 Å². The minimum absolute atomic E-state index is 0.136. The SMILES string of the molecule is CCNc1nc(OC)nc(N(C)CC2CC(O)C2)n1. The van der Waals surface area contributed by atoms with Crippen LogP contribution in [-0.4, -0.2) is 53.4 Å². The summed E-state index contributed by atoms with van der Waals surface area (Å²) in [6.45, 7) is 3.55. The van der Waals surface area contributed by atoms with Gasteiger partial charge in [0, 0.05) is 20.1 Å². The lowest BCUT2D eigenvalue weighted by atomic mass is 9.82. The maximum Gasteiger partial charge on any atom is 0.322 e. The van der Waals surface area contributed by atoms with Crippen LogP contribution in [0.25, 0.3) is 0 Å². The molecule has 0 radical (unpaired) electrons. The molecule has 1 heterocycles. The lowest BCUT2D eigenvalue weighted by molar-refractivity contribution is 0.0463. The van der Waals surface area contributed by atoms with Gasteiger partial charge in [-0.2, -0.15) is 15.0 Å². The molecule has 106 valence electrons. The zero-order chi connectivity index (χ0) is 13.8. The Labute approximate surface area is 113 Å². The fourth-order valence-electron chi connectivity index (χ4n) is 2.16. The van der Waals surface area contributed by atoms with Crippen molar-refractivity contribution in [2.24, 2.45) is 5.92 Å². The molecule has 0 amide bonds. The molecule has 2 rings (SSSR count). The fraction of sp³-hybridized carbons (Fsp3) is 0.750. The summed E-state index contributed by atoms with van der Waals surface area (Å²) in [5, 5.41) is 12.4. The van der Waals surface area contributed by atoms with Gasteiger partial charge >= 0.3 is 6.01 Å². The highest BCUT2D eigenvalue weighted by Crippen LogP contribution is 2.28. The topological polar surface area (TPSA) is 83.4 Å². The summed E-state index contributed by atoms with van der Waals surface area (Å²) in [6, 6.07) is 0.307. The van der Waals surface area contributed by atoms with Gasteiger partial charge in [0.05, 0.1) is 13.2 Å². The normalized spacial score (nSPS) is 21.7. The van der Waals surface area contributed by atoms with E-state index in [1.54, 1.807) is 0 Å². The first-order chi connectivity index (χ1) is 9.12. The van der Waals surface area contributed by atoms with E-state index in [0.29, 0.717) is 23.8 Å². The van der Waals surface area contributed by atoms with Crippen LogP contribution in [0.5, 0.6) is 6.01 Å². The fourth-order valence-corrected chi connectivity index (χ4v) is 2.16. The van der Waals surface area contributed by atoms with Gasteiger partial charge in [0.25, 0.3) is 0 Å². The Hall–Kier alpha value is -1.63. The predicted molar refractivity (Wildman–Crippen MR) is 72.5 cm³/mol. The Morgan fingerprint density at radius 2 is 2.11 bits per heavy atom. The zero-order valence-corrected chi connectivity index (χ0v) is 11.6. The van der Waals surface area contributed by atoms with Crippen LogP contribution in [0, 0.1) is 5.92 Å². The summed E-state index contributed by atoms with van der Waals surface area (Å²) in [6.07, 6.45) is 1.57. The van der Waals surface area contributed by atoms with Crippen LogP contribution in [0.15, 0.2) is 0 Å². The van der Waals surface area contributed by atoms with Gasteiger partial charge in [-0.1, -0.05) is 0 Å². The Kier molecular flexibility index (Phi) is 4.36. The van der Waals surface area contributed by atoms with Gasteiger partial charge in [-0.05, 0) is 25.7 Å². The second-order valence-electron chi connectivity index (χ2n) is 4.85. The molecule has 0 aliphatic heterocycles. The van der Waals surface area contributed by atoms with Gasteiger partial charge < -0.3 is 20.1 Å². The van der Waals surface area contributed by atoms with Gasteiger partial charge in [-0.25, -0.2) is 0 Å². The summed E-state index contributed by atoms with van der Waals surface area (Å²) < 4.78 is 5.09. The number of aliphatic hydroxyl groups excluding tert-OH is 1. The average molecular weight is 267 g/mol. The van der Waals surface area contributed by atoms with Crippen LogP contribution in [0.2, 0.25) is 0 Å². The molecule has 1 aromatic rings. The van der Waals surface area contributed by atoms with E-state index in [9.17, 15) is 5.11 Å². The third-order valence-corrected chi connectivity index (χ3v) is 3.20. The van der Waals surface area contributed by atoms with Crippen LogP contribution >= 0.6 is 0 Å². The van der Waals surface area contributed by atoms with Gasteiger partial charge in [0.15, 0.2) is 0 Å². The standard InChI is InChI=1S/C12H21N5O2/c1-4-13-10-14-11(16-12(15-10)19-3)17(2)7-8-5-9(18)6-8/h8-9,18H,4-7H2,1-3H3,(H,13,14,15,16). The van der Waals surface area contributed by atoms with Crippen molar-refractivity contribution in [1.29, 1.82) is 0 Å². The third-order valence-electron chi connectivity index (χ3n) is 3.20. The van der Waals surface area contributed by atoms with E-state index in [1.807, 2.05) is 18.9 Å². The van der Waals surface area contributed by atoms with Gasteiger partial charge in [-0.3, -0.25) is 0 Å². The Morgan fingerprint density at radius 3 is 2.68 bits per heavy atom. The van der Waals surface area contributed by atoms with E-state index in [1.165, 1.54) is 7.11 Å². The van der Waals surface area contributed by atoms with Crippen LogP contribution in [-0.2, 0) is 0 Å². The molecular formula is C12H21N5O2. The van der Waals surface area contributed by atoms with Crippen molar-refractivity contribution < 1.29 is 9.84 Å². The highest BCUT2D eigenvalue weighted by atomic mass is 16.5. The Morgan fingerprint density at radius 1 is 1.37 bits per heavy atom. The minimum Gasteiger partial charge on any atom is -0.467 e. The van der Waals surface area contributed by atoms with E-state index in [-0.39, 0.29) is 6.10 Å². The molecule has 1 saturated carbocycles. The van der Waals surface area contributed by atoms with Crippen LogP contribution < -0.4 is 15.0 Å². The predicted octanol–water partition coefficient (Wildman–Crippen LogP) is 0.519. The minimum atomic E-state index is -0.136. The van der Waals surface area contributed by atoms with Crippen molar-refractivity contribution in [2.75, 3.05) is 37.5 Å². The number of ether oxygens (including phenoxy) is 1. The summed E-state index contributed by atoms with van der Waals surface area (Å²) in [7, 11) is 3.48. The molecule has 1 fully saturated rings. The van der Waals surface area contributed by atoms with E-state index in [4.69, 9.17) is 4.74 Å². The number of nitrogens with one attached hydrogen (secondary N) is 1. The van der Waals surface area contributed by atoms with Gasteiger partial charge in [-0.15, -0.1) is 0 Å².